The molecule has 0 aliphatic rings. The van der Waals surface area contributed by atoms with Gasteiger partial charge in [-0.1, -0.05) is 48.9 Å². The number of nitrogens with one attached hydrogen (secondary N) is 1. The van der Waals surface area contributed by atoms with Gasteiger partial charge in [0.15, 0.2) is 0 Å². The lowest BCUT2D eigenvalue weighted by Crippen LogP contribution is -2.06. The maximum Gasteiger partial charge on any atom is 0.129 e. The summed E-state index contributed by atoms with van der Waals surface area (Å²) in [6.45, 7) is 3.09. The van der Waals surface area contributed by atoms with Gasteiger partial charge in [0.2, 0.25) is 0 Å². The zero-order chi connectivity index (χ0) is 14.7. The molecule has 5 heteroatoms. The van der Waals surface area contributed by atoms with Crippen LogP contribution in [-0.4, -0.2) is 15.3 Å². The van der Waals surface area contributed by atoms with E-state index in [2.05, 4.69) is 45.3 Å². The molecule has 3 aromatic rings. The standard InChI is InChI=1S/C16H16ClN3S/c1-11(12-5-3-2-4-6-12)9-10-18-15-13(17)7-8-14-16(15)20-21-19-14/h2-8,11,18H,9-10H2,1H3. The second kappa shape index (κ2) is 6.41. The van der Waals surface area contributed by atoms with Crippen LogP contribution in [0.15, 0.2) is 42.5 Å². The molecule has 0 aliphatic heterocycles. The van der Waals surface area contributed by atoms with Crippen LogP contribution in [-0.2, 0) is 0 Å². The number of hydrogen-bond donors (Lipinski definition) is 1. The third-order valence-electron chi connectivity index (χ3n) is 3.62. The smallest absolute Gasteiger partial charge is 0.129 e. The SMILES string of the molecule is CC(CCNc1c(Cl)ccc2nsnc12)c1ccccc1. The molecule has 1 heterocycles. The molecule has 0 aliphatic carbocycles. The summed E-state index contributed by atoms with van der Waals surface area (Å²) < 4.78 is 8.56. The lowest BCUT2D eigenvalue weighted by Gasteiger charge is -2.14. The predicted molar refractivity (Wildman–Crippen MR) is 90.4 cm³/mol. The van der Waals surface area contributed by atoms with Crippen molar-refractivity contribution in [3.05, 3.63) is 53.1 Å². The lowest BCUT2D eigenvalue weighted by molar-refractivity contribution is 0.706. The van der Waals surface area contributed by atoms with Crippen LogP contribution < -0.4 is 5.32 Å². The normalized spacial score (nSPS) is 12.5. The first-order valence-corrected chi connectivity index (χ1v) is 8.06. The first-order valence-electron chi connectivity index (χ1n) is 6.95. The molecule has 21 heavy (non-hydrogen) atoms. The van der Waals surface area contributed by atoms with E-state index in [4.69, 9.17) is 11.6 Å². The summed E-state index contributed by atoms with van der Waals surface area (Å²) in [5.41, 5.74) is 4.00. The molecule has 108 valence electrons. The molecule has 0 saturated heterocycles. The van der Waals surface area contributed by atoms with Gasteiger partial charge < -0.3 is 5.32 Å². The molecular formula is C16H16ClN3S. The zero-order valence-corrected chi connectivity index (χ0v) is 13.3. The first-order chi connectivity index (χ1) is 10.3. The van der Waals surface area contributed by atoms with Crippen molar-refractivity contribution in [2.45, 2.75) is 19.3 Å². The van der Waals surface area contributed by atoms with Crippen molar-refractivity contribution < 1.29 is 0 Å². The number of aromatic nitrogens is 2. The van der Waals surface area contributed by atoms with E-state index in [1.165, 1.54) is 17.3 Å². The molecule has 0 saturated carbocycles. The van der Waals surface area contributed by atoms with Crippen molar-refractivity contribution in [1.82, 2.24) is 8.75 Å². The number of benzene rings is 2. The van der Waals surface area contributed by atoms with Gasteiger partial charge in [0.1, 0.15) is 11.0 Å². The van der Waals surface area contributed by atoms with Crippen molar-refractivity contribution in [2.24, 2.45) is 0 Å². The van der Waals surface area contributed by atoms with E-state index in [-0.39, 0.29) is 0 Å². The Kier molecular flexibility index (Phi) is 4.36. The molecular weight excluding hydrogens is 302 g/mol. The number of nitrogens with zero attached hydrogens (tertiary/aromatic N) is 2. The van der Waals surface area contributed by atoms with E-state index < -0.39 is 0 Å². The minimum absolute atomic E-state index is 0.505. The summed E-state index contributed by atoms with van der Waals surface area (Å²) in [7, 11) is 0. The summed E-state index contributed by atoms with van der Waals surface area (Å²) >= 11 is 7.48. The molecule has 0 bridgehead atoms. The maximum absolute atomic E-state index is 6.27. The largest absolute Gasteiger partial charge is 0.382 e. The highest BCUT2D eigenvalue weighted by Crippen LogP contribution is 2.30. The summed E-state index contributed by atoms with van der Waals surface area (Å²) in [5, 5.41) is 4.11. The van der Waals surface area contributed by atoms with Crippen molar-refractivity contribution in [2.75, 3.05) is 11.9 Å². The Hall–Kier alpha value is -1.65. The third kappa shape index (κ3) is 3.17. The van der Waals surface area contributed by atoms with Gasteiger partial charge in [0.25, 0.3) is 0 Å². The van der Waals surface area contributed by atoms with E-state index >= 15 is 0 Å². The average molecular weight is 318 g/mol. The van der Waals surface area contributed by atoms with Crippen molar-refractivity contribution in [3.8, 4) is 0 Å². The molecule has 2 aromatic carbocycles. The van der Waals surface area contributed by atoms with Gasteiger partial charge in [0.05, 0.1) is 22.4 Å². The summed E-state index contributed by atoms with van der Waals surface area (Å²) in [6, 6.07) is 14.3. The molecule has 1 N–H and O–H groups in total. The van der Waals surface area contributed by atoms with E-state index in [1.807, 2.05) is 18.2 Å². The molecule has 0 amide bonds. The lowest BCUT2D eigenvalue weighted by atomic mass is 9.98. The molecule has 0 radical (unpaired) electrons. The minimum Gasteiger partial charge on any atom is -0.382 e. The number of hydrogen-bond acceptors (Lipinski definition) is 4. The quantitative estimate of drug-likeness (QED) is 0.723. The van der Waals surface area contributed by atoms with Crippen LogP contribution >= 0.6 is 23.3 Å². The Morgan fingerprint density at radius 1 is 1.14 bits per heavy atom. The number of halogens is 1. The van der Waals surface area contributed by atoms with E-state index in [0.717, 1.165) is 29.7 Å². The fraction of sp³-hybridized carbons (Fsp3) is 0.250. The van der Waals surface area contributed by atoms with E-state index in [0.29, 0.717) is 10.9 Å². The Morgan fingerprint density at radius 2 is 1.95 bits per heavy atom. The molecule has 1 unspecified atom stereocenters. The Labute approximate surface area is 133 Å². The Bertz CT molecular complexity index is 727. The fourth-order valence-electron chi connectivity index (χ4n) is 2.36. The topological polar surface area (TPSA) is 37.8 Å². The van der Waals surface area contributed by atoms with E-state index in [9.17, 15) is 0 Å². The van der Waals surface area contributed by atoms with Gasteiger partial charge in [-0.25, -0.2) is 0 Å². The molecule has 0 spiro atoms. The summed E-state index contributed by atoms with van der Waals surface area (Å²) in [6.07, 6.45) is 1.04. The Morgan fingerprint density at radius 3 is 2.76 bits per heavy atom. The first kappa shape index (κ1) is 14.3. The van der Waals surface area contributed by atoms with Gasteiger partial charge >= 0.3 is 0 Å². The molecule has 3 rings (SSSR count). The summed E-state index contributed by atoms with van der Waals surface area (Å²) in [4.78, 5) is 0. The maximum atomic E-state index is 6.27. The number of fused-ring (bicyclic) bond motifs is 1. The van der Waals surface area contributed by atoms with Gasteiger partial charge in [-0.3, -0.25) is 0 Å². The van der Waals surface area contributed by atoms with Gasteiger partial charge in [-0.15, -0.1) is 0 Å². The van der Waals surface area contributed by atoms with Crippen molar-refractivity contribution in [1.29, 1.82) is 0 Å². The van der Waals surface area contributed by atoms with Crippen LogP contribution in [0.5, 0.6) is 0 Å². The van der Waals surface area contributed by atoms with Crippen LogP contribution in [0.3, 0.4) is 0 Å². The number of anilines is 1. The van der Waals surface area contributed by atoms with Gasteiger partial charge in [-0.05, 0) is 30.0 Å². The molecule has 3 nitrogen and oxygen atoms in total. The van der Waals surface area contributed by atoms with Crippen molar-refractivity contribution in [3.63, 3.8) is 0 Å². The Balaban J connectivity index is 1.67. The monoisotopic (exact) mass is 317 g/mol. The number of rotatable bonds is 5. The van der Waals surface area contributed by atoms with Gasteiger partial charge in [0, 0.05) is 6.54 Å². The molecule has 1 atom stereocenters. The molecule has 1 aromatic heterocycles. The highest BCUT2D eigenvalue weighted by molar-refractivity contribution is 7.00. The zero-order valence-electron chi connectivity index (χ0n) is 11.7. The van der Waals surface area contributed by atoms with Crippen molar-refractivity contribution >= 4 is 40.0 Å². The highest BCUT2D eigenvalue weighted by atomic mass is 35.5. The van der Waals surface area contributed by atoms with Crippen LogP contribution in [0, 0.1) is 0 Å². The fourth-order valence-corrected chi connectivity index (χ4v) is 3.12. The molecule has 0 fully saturated rings. The predicted octanol–water partition coefficient (Wildman–Crippen LogP) is 4.95. The third-order valence-corrected chi connectivity index (χ3v) is 4.48. The van der Waals surface area contributed by atoms with Crippen LogP contribution in [0.1, 0.15) is 24.8 Å². The average Bonchev–Trinajstić information content (AvgIpc) is 2.99. The van der Waals surface area contributed by atoms with Crippen LogP contribution in [0.2, 0.25) is 5.02 Å². The van der Waals surface area contributed by atoms with E-state index in [1.54, 1.807) is 0 Å². The highest BCUT2D eigenvalue weighted by Gasteiger charge is 2.10. The van der Waals surface area contributed by atoms with Crippen LogP contribution in [0.4, 0.5) is 5.69 Å². The summed E-state index contributed by atoms with van der Waals surface area (Å²) in [5.74, 6) is 0.505. The second-order valence-electron chi connectivity index (χ2n) is 5.08. The van der Waals surface area contributed by atoms with Crippen LogP contribution in [0.25, 0.3) is 11.0 Å². The van der Waals surface area contributed by atoms with Gasteiger partial charge in [-0.2, -0.15) is 8.75 Å². The minimum atomic E-state index is 0.505. The second-order valence-corrected chi connectivity index (χ2v) is 6.02.